The highest BCUT2D eigenvalue weighted by Gasteiger charge is 2.26. The van der Waals surface area contributed by atoms with Gasteiger partial charge >= 0.3 is 0 Å². The van der Waals surface area contributed by atoms with Gasteiger partial charge in [-0.3, -0.25) is 9.10 Å². The lowest BCUT2D eigenvalue weighted by Gasteiger charge is -2.24. The summed E-state index contributed by atoms with van der Waals surface area (Å²) < 4.78 is 28.5. The molecule has 0 radical (unpaired) electrons. The molecule has 0 saturated heterocycles. The van der Waals surface area contributed by atoms with E-state index in [0.29, 0.717) is 12.2 Å². The molecular weight excluding hydrogens is 508 g/mol. The Morgan fingerprint density at radius 1 is 1.00 bits per heavy atom. The van der Waals surface area contributed by atoms with Crippen LogP contribution in [0.4, 0.5) is 5.69 Å². The van der Waals surface area contributed by atoms with Crippen molar-refractivity contribution in [3.8, 4) is 0 Å². The lowest BCUT2D eigenvalue weighted by molar-refractivity contribution is -0.119. The number of nitrogens with one attached hydrogen (secondary N) is 1. The highest BCUT2D eigenvalue weighted by atomic mass is 79.9. The van der Waals surface area contributed by atoms with Gasteiger partial charge in [-0.15, -0.1) is 0 Å². The van der Waals surface area contributed by atoms with Gasteiger partial charge in [0.05, 0.1) is 10.6 Å². The number of benzene rings is 3. The smallest absolute Gasteiger partial charge is 0.264 e. The van der Waals surface area contributed by atoms with Crippen LogP contribution in [0.2, 0.25) is 0 Å². The van der Waals surface area contributed by atoms with E-state index in [1.807, 2.05) is 6.07 Å². The van der Waals surface area contributed by atoms with Gasteiger partial charge in [-0.2, -0.15) is 11.8 Å². The number of carbonyl (C=O) groups is 1. The van der Waals surface area contributed by atoms with Crippen molar-refractivity contribution in [3.63, 3.8) is 0 Å². The first-order valence-electron chi connectivity index (χ1n) is 10.1. The molecule has 32 heavy (non-hydrogen) atoms. The van der Waals surface area contributed by atoms with Crippen LogP contribution in [0.3, 0.4) is 0 Å². The molecule has 0 aliphatic heterocycles. The molecule has 0 bridgehead atoms. The molecular formula is C24H25BrN2O3S2. The molecule has 3 rings (SSSR count). The van der Waals surface area contributed by atoms with Gasteiger partial charge in [0.2, 0.25) is 5.91 Å². The van der Waals surface area contributed by atoms with Gasteiger partial charge in [0.25, 0.3) is 10.0 Å². The number of carbonyl (C=O) groups excluding carboxylic acids is 1. The monoisotopic (exact) mass is 532 g/mol. The Hall–Kier alpha value is -2.29. The molecule has 1 N–H and O–H groups in total. The van der Waals surface area contributed by atoms with E-state index in [4.69, 9.17) is 0 Å². The van der Waals surface area contributed by atoms with Crippen LogP contribution in [0.15, 0.2) is 88.2 Å². The van der Waals surface area contributed by atoms with E-state index in [0.717, 1.165) is 20.3 Å². The molecule has 168 valence electrons. The quantitative estimate of drug-likeness (QED) is 0.373. The summed E-state index contributed by atoms with van der Waals surface area (Å²) in [5.41, 5.74) is 2.90. The predicted octanol–water partition coefficient (Wildman–Crippen LogP) is 5.00. The molecule has 0 aromatic heterocycles. The molecule has 0 saturated carbocycles. The Labute approximate surface area is 202 Å². The van der Waals surface area contributed by atoms with Gasteiger partial charge in [0.15, 0.2) is 0 Å². The lowest BCUT2D eigenvalue weighted by Crippen LogP contribution is -2.41. The molecule has 5 nitrogen and oxygen atoms in total. The number of amides is 1. The van der Waals surface area contributed by atoms with E-state index in [1.54, 1.807) is 54.2 Å². The number of thioether (sulfide) groups is 1. The number of hydrogen-bond acceptors (Lipinski definition) is 4. The summed E-state index contributed by atoms with van der Waals surface area (Å²) in [6.45, 7) is 2.24. The number of halogens is 1. The van der Waals surface area contributed by atoms with Crippen molar-refractivity contribution in [1.82, 2.24) is 5.32 Å². The second kappa shape index (κ2) is 11.5. The summed E-state index contributed by atoms with van der Waals surface area (Å²) in [7, 11) is -3.89. The predicted molar refractivity (Wildman–Crippen MR) is 135 cm³/mol. The fourth-order valence-electron chi connectivity index (χ4n) is 3.08. The summed E-state index contributed by atoms with van der Waals surface area (Å²) in [5.74, 6) is 1.26. The zero-order valence-corrected chi connectivity index (χ0v) is 20.9. The molecule has 0 spiro atoms. The standard InChI is InChI=1S/C24H25BrN2O3S2/c1-19-6-5-7-20(16-19)18-31-15-14-26-24(28)17-27(22-12-10-21(25)11-13-22)32(29,30)23-8-3-2-4-9-23/h2-13,16H,14-15,17-18H2,1H3,(H,26,28). The van der Waals surface area contributed by atoms with Crippen LogP contribution in [0.1, 0.15) is 11.1 Å². The Morgan fingerprint density at radius 2 is 1.72 bits per heavy atom. The normalized spacial score (nSPS) is 11.2. The van der Waals surface area contributed by atoms with Crippen LogP contribution in [-0.2, 0) is 20.6 Å². The summed E-state index contributed by atoms with van der Waals surface area (Å²) in [6, 6.07) is 23.3. The van der Waals surface area contributed by atoms with E-state index in [-0.39, 0.29) is 17.3 Å². The van der Waals surface area contributed by atoms with Gasteiger partial charge in [-0.05, 0) is 48.9 Å². The van der Waals surface area contributed by atoms with Gasteiger partial charge in [0.1, 0.15) is 6.54 Å². The zero-order chi connectivity index (χ0) is 23.0. The summed E-state index contributed by atoms with van der Waals surface area (Å²) in [6.07, 6.45) is 0. The summed E-state index contributed by atoms with van der Waals surface area (Å²) >= 11 is 5.09. The van der Waals surface area contributed by atoms with Crippen LogP contribution in [0.5, 0.6) is 0 Å². The van der Waals surface area contributed by atoms with Gasteiger partial charge in [-0.25, -0.2) is 8.42 Å². The number of sulfonamides is 1. The number of hydrogen-bond donors (Lipinski definition) is 1. The van der Waals surface area contributed by atoms with Crippen LogP contribution in [-0.4, -0.2) is 33.2 Å². The lowest BCUT2D eigenvalue weighted by atomic mass is 10.2. The van der Waals surface area contributed by atoms with Crippen molar-refractivity contribution in [1.29, 1.82) is 0 Å². The molecule has 3 aromatic carbocycles. The fourth-order valence-corrected chi connectivity index (χ4v) is 5.60. The number of aryl methyl sites for hydroxylation is 1. The maximum atomic E-state index is 13.2. The average molecular weight is 534 g/mol. The van der Waals surface area contributed by atoms with Crippen molar-refractivity contribution >= 4 is 49.3 Å². The molecule has 0 aliphatic carbocycles. The van der Waals surface area contributed by atoms with E-state index < -0.39 is 10.0 Å². The van der Waals surface area contributed by atoms with Crippen LogP contribution in [0, 0.1) is 6.92 Å². The van der Waals surface area contributed by atoms with E-state index in [9.17, 15) is 13.2 Å². The third-order valence-corrected chi connectivity index (χ3v) is 8.00. The van der Waals surface area contributed by atoms with Crippen molar-refractivity contribution in [3.05, 3.63) is 94.5 Å². The molecule has 0 aliphatic rings. The number of anilines is 1. The minimum atomic E-state index is -3.89. The average Bonchev–Trinajstić information content (AvgIpc) is 2.78. The van der Waals surface area contributed by atoms with Crippen LogP contribution >= 0.6 is 27.7 Å². The first-order chi connectivity index (χ1) is 15.4. The largest absolute Gasteiger partial charge is 0.354 e. The topological polar surface area (TPSA) is 66.5 Å². The van der Waals surface area contributed by atoms with Crippen molar-refractivity contribution in [2.45, 2.75) is 17.6 Å². The Bertz CT molecular complexity index is 1140. The third kappa shape index (κ3) is 6.85. The van der Waals surface area contributed by atoms with E-state index >= 15 is 0 Å². The molecule has 1 amide bonds. The number of rotatable bonds is 10. The van der Waals surface area contributed by atoms with Crippen molar-refractivity contribution in [2.24, 2.45) is 0 Å². The zero-order valence-electron chi connectivity index (χ0n) is 17.7. The first-order valence-corrected chi connectivity index (χ1v) is 13.5. The molecule has 0 heterocycles. The van der Waals surface area contributed by atoms with Crippen molar-refractivity contribution < 1.29 is 13.2 Å². The van der Waals surface area contributed by atoms with Gasteiger partial charge < -0.3 is 5.32 Å². The Balaban J connectivity index is 1.61. The molecule has 0 atom stereocenters. The number of nitrogens with zero attached hydrogens (tertiary/aromatic N) is 1. The first kappa shape index (κ1) is 24.4. The Morgan fingerprint density at radius 3 is 2.41 bits per heavy atom. The maximum absolute atomic E-state index is 13.2. The molecule has 0 fully saturated rings. The Kier molecular flexibility index (Phi) is 8.78. The molecule has 0 unspecified atom stereocenters. The second-order valence-corrected chi connectivity index (χ2v) is 11.1. The highest BCUT2D eigenvalue weighted by Crippen LogP contribution is 2.25. The van der Waals surface area contributed by atoms with Crippen LogP contribution in [0.25, 0.3) is 0 Å². The van der Waals surface area contributed by atoms with Gasteiger partial charge in [-0.1, -0.05) is 64.0 Å². The molecule has 3 aromatic rings. The maximum Gasteiger partial charge on any atom is 0.264 e. The van der Waals surface area contributed by atoms with Crippen molar-refractivity contribution in [2.75, 3.05) is 23.1 Å². The van der Waals surface area contributed by atoms with E-state index in [1.165, 1.54) is 23.3 Å². The fraction of sp³-hybridized carbons (Fsp3) is 0.208. The highest BCUT2D eigenvalue weighted by molar-refractivity contribution is 9.10. The van der Waals surface area contributed by atoms with E-state index in [2.05, 4.69) is 46.4 Å². The minimum Gasteiger partial charge on any atom is -0.354 e. The van der Waals surface area contributed by atoms with Gasteiger partial charge in [0, 0.05) is 22.5 Å². The second-order valence-electron chi connectivity index (χ2n) is 7.19. The van der Waals surface area contributed by atoms with Crippen LogP contribution < -0.4 is 9.62 Å². The summed E-state index contributed by atoms with van der Waals surface area (Å²) in [5, 5.41) is 2.84. The molecule has 8 heteroatoms. The third-order valence-electron chi connectivity index (χ3n) is 4.65. The SMILES string of the molecule is Cc1cccc(CSCCNC(=O)CN(c2ccc(Br)cc2)S(=O)(=O)c2ccccc2)c1. The summed E-state index contributed by atoms with van der Waals surface area (Å²) in [4.78, 5) is 12.8. The minimum absolute atomic E-state index is 0.143.